The topological polar surface area (TPSA) is 49.3 Å². The molecule has 0 saturated heterocycles. The molecule has 0 unspecified atom stereocenters. The summed E-state index contributed by atoms with van der Waals surface area (Å²) in [6.07, 6.45) is 3.40. The van der Waals surface area contributed by atoms with Crippen molar-refractivity contribution in [3.63, 3.8) is 0 Å². The van der Waals surface area contributed by atoms with Gasteiger partial charge in [0.2, 0.25) is 0 Å². The summed E-state index contributed by atoms with van der Waals surface area (Å²) in [5, 5.41) is 7.72. The smallest absolute Gasteiger partial charge is 0.191 e. The normalized spacial score (nSPS) is 11.6. The van der Waals surface area contributed by atoms with E-state index in [9.17, 15) is 4.39 Å². The van der Waals surface area contributed by atoms with Gasteiger partial charge in [-0.1, -0.05) is 36.4 Å². The minimum absolute atomic E-state index is 0.197. The van der Waals surface area contributed by atoms with Crippen molar-refractivity contribution in [3.8, 4) is 0 Å². The largest absolute Gasteiger partial charge is 0.357 e. The highest BCUT2D eigenvalue weighted by Crippen LogP contribution is 2.16. The van der Waals surface area contributed by atoms with Crippen molar-refractivity contribution >= 4 is 16.9 Å². The van der Waals surface area contributed by atoms with E-state index in [0.717, 1.165) is 41.8 Å². The van der Waals surface area contributed by atoms with Gasteiger partial charge in [0.25, 0.3) is 0 Å². The van der Waals surface area contributed by atoms with Crippen molar-refractivity contribution in [2.75, 3.05) is 19.6 Å². The number of para-hydroxylation sites is 1. The van der Waals surface area contributed by atoms with E-state index in [4.69, 9.17) is 0 Å². The highest BCUT2D eigenvalue weighted by Gasteiger charge is 2.02. The zero-order chi connectivity index (χ0) is 18.9. The van der Waals surface area contributed by atoms with Crippen LogP contribution in [0.4, 0.5) is 4.39 Å². The molecule has 0 saturated carbocycles. The van der Waals surface area contributed by atoms with E-state index in [1.165, 1.54) is 11.6 Å². The van der Waals surface area contributed by atoms with Gasteiger partial charge in [0, 0.05) is 31.2 Å². The number of pyridine rings is 1. The van der Waals surface area contributed by atoms with Crippen molar-refractivity contribution in [3.05, 3.63) is 77.7 Å². The SMILES string of the molecule is CCNC(=NCCc1cccc2cccnc12)NCCc1cccc(F)c1. The summed E-state index contributed by atoms with van der Waals surface area (Å²) in [5.74, 6) is 0.582. The molecule has 4 nitrogen and oxygen atoms in total. The number of nitrogens with zero attached hydrogens (tertiary/aromatic N) is 2. The first-order valence-electron chi connectivity index (χ1n) is 9.35. The third kappa shape index (κ3) is 5.51. The van der Waals surface area contributed by atoms with Gasteiger partial charge >= 0.3 is 0 Å². The summed E-state index contributed by atoms with van der Waals surface area (Å²) >= 11 is 0. The van der Waals surface area contributed by atoms with Crippen LogP contribution in [0.25, 0.3) is 10.9 Å². The number of nitrogens with one attached hydrogen (secondary N) is 2. The van der Waals surface area contributed by atoms with Gasteiger partial charge in [-0.25, -0.2) is 4.39 Å². The molecule has 0 amide bonds. The lowest BCUT2D eigenvalue weighted by Crippen LogP contribution is -2.38. The Hall–Kier alpha value is -2.95. The van der Waals surface area contributed by atoms with E-state index in [0.29, 0.717) is 13.1 Å². The van der Waals surface area contributed by atoms with Gasteiger partial charge in [-0.3, -0.25) is 9.98 Å². The molecule has 3 aromatic rings. The van der Waals surface area contributed by atoms with Crippen molar-refractivity contribution in [1.82, 2.24) is 15.6 Å². The predicted octanol–water partition coefficient (Wildman–Crippen LogP) is 3.71. The van der Waals surface area contributed by atoms with Crippen LogP contribution in [-0.2, 0) is 12.8 Å². The lowest BCUT2D eigenvalue weighted by molar-refractivity contribution is 0.625. The predicted molar refractivity (Wildman–Crippen MR) is 110 cm³/mol. The molecular weight excluding hydrogens is 339 g/mol. The van der Waals surface area contributed by atoms with E-state index < -0.39 is 0 Å². The fourth-order valence-electron chi connectivity index (χ4n) is 3.02. The zero-order valence-corrected chi connectivity index (χ0v) is 15.6. The molecule has 0 radical (unpaired) electrons. The molecule has 2 N–H and O–H groups in total. The molecule has 0 bridgehead atoms. The second kappa shape index (κ2) is 9.67. The van der Waals surface area contributed by atoms with Crippen LogP contribution in [0.3, 0.4) is 0 Å². The van der Waals surface area contributed by atoms with Crippen molar-refractivity contribution in [2.24, 2.45) is 4.99 Å². The van der Waals surface area contributed by atoms with Gasteiger partial charge in [0.15, 0.2) is 5.96 Å². The first kappa shape index (κ1) is 18.8. The van der Waals surface area contributed by atoms with Gasteiger partial charge in [-0.05, 0) is 49.1 Å². The van der Waals surface area contributed by atoms with Crippen LogP contribution in [0.5, 0.6) is 0 Å². The summed E-state index contributed by atoms with van der Waals surface area (Å²) in [5.41, 5.74) is 3.21. The minimum atomic E-state index is -0.197. The van der Waals surface area contributed by atoms with Crippen molar-refractivity contribution in [1.29, 1.82) is 0 Å². The maximum absolute atomic E-state index is 13.3. The number of hydrogen-bond acceptors (Lipinski definition) is 2. The van der Waals surface area contributed by atoms with E-state index in [2.05, 4.69) is 44.9 Å². The molecule has 2 aromatic carbocycles. The molecule has 27 heavy (non-hydrogen) atoms. The Morgan fingerprint density at radius 3 is 2.74 bits per heavy atom. The number of guanidine groups is 1. The average Bonchev–Trinajstić information content (AvgIpc) is 2.68. The molecule has 3 rings (SSSR count). The number of halogens is 1. The van der Waals surface area contributed by atoms with E-state index in [1.807, 2.05) is 25.3 Å². The second-order valence-electron chi connectivity index (χ2n) is 6.31. The second-order valence-corrected chi connectivity index (χ2v) is 6.31. The Morgan fingerprint density at radius 1 is 1.04 bits per heavy atom. The van der Waals surface area contributed by atoms with Crippen LogP contribution in [0.1, 0.15) is 18.1 Å². The molecule has 0 fully saturated rings. The highest BCUT2D eigenvalue weighted by molar-refractivity contribution is 5.82. The quantitative estimate of drug-likeness (QED) is 0.496. The molecule has 1 aromatic heterocycles. The van der Waals surface area contributed by atoms with Crippen LogP contribution in [0.15, 0.2) is 65.8 Å². The van der Waals surface area contributed by atoms with Gasteiger partial charge in [-0.2, -0.15) is 0 Å². The number of hydrogen-bond donors (Lipinski definition) is 2. The molecule has 0 spiro atoms. The first-order valence-corrected chi connectivity index (χ1v) is 9.35. The molecule has 0 aliphatic rings. The molecular formula is C22H25FN4. The van der Waals surface area contributed by atoms with Crippen LogP contribution in [0.2, 0.25) is 0 Å². The minimum Gasteiger partial charge on any atom is -0.357 e. The number of benzene rings is 2. The summed E-state index contributed by atoms with van der Waals surface area (Å²) in [7, 11) is 0. The zero-order valence-electron chi connectivity index (χ0n) is 15.6. The third-order valence-electron chi connectivity index (χ3n) is 4.31. The first-order chi connectivity index (χ1) is 13.3. The van der Waals surface area contributed by atoms with E-state index in [-0.39, 0.29) is 5.82 Å². The van der Waals surface area contributed by atoms with Crippen molar-refractivity contribution in [2.45, 2.75) is 19.8 Å². The molecule has 0 atom stereocenters. The highest BCUT2D eigenvalue weighted by atomic mass is 19.1. The number of fused-ring (bicyclic) bond motifs is 1. The maximum Gasteiger partial charge on any atom is 0.191 e. The third-order valence-corrected chi connectivity index (χ3v) is 4.31. The fraction of sp³-hybridized carbons (Fsp3) is 0.273. The Bertz CT molecular complexity index is 902. The molecule has 140 valence electrons. The lowest BCUT2D eigenvalue weighted by atomic mass is 10.1. The number of aromatic nitrogens is 1. The van der Waals surface area contributed by atoms with Gasteiger partial charge in [-0.15, -0.1) is 0 Å². The molecule has 0 aliphatic heterocycles. The maximum atomic E-state index is 13.3. The van der Waals surface area contributed by atoms with Crippen LogP contribution < -0.4 is 10.6 Å². The van der Waals surface area contributed by atoms with Gasteiger partial charge in [0.1, 0.15) is 5.82 Å². The Balaban J connectivity index is 1.56. The van der Waals surface area contributed by atoms with Crippen LogP contribution in [0, 0.1) is 5.82 Å². The van der Waals surface area contributed by atoms with Crippen LogP contribution in [-0.4, -0.2) is 30.6 Å². The number of rotatable bonds is 7. The van der Waals surface area contributed by atoms with Gasteiger partial charge < -0.3 is 10.6 Å². The van der Waals surface area contributed by atoms with Gasteiger partial charge in [0.05, 0.1) is 5.52 Å². The summed E-state index contributed by atoms with van der Waals surface area (Å²) in [6, 6.07) is 17.0. The van der Waals surface area contributed by atoms with Crippen LogP contribution >= 0.6 is 0 Å². The summed E-state index contributed by atoms with van der Waals surface area (Å²) in [4.78, 5) is 9.15. The fourth-order valence-corrected chi connectivity index (χ4v) is 3.02. The monoisotopic (exact) mass is 364 g/mol. The average molecular weight is 364 g/mol. The van der Waals surface area contributed by atoms with Crippen molar-refractivity contribution < 1.29 is 4.39 Å². The molecule has 1 heterocycles. The number of aliphatic imine (C=N–C) groups is 1. The molecule has 0 aliphatic carbocycles. The van der Waals surface area contributed by atoms with E-state index >= 15 is 0 Å². The lowest BCUT2D eigenvalue weighted by Gasteiger charge is -2.11. The van der Waals surface area contributed by atoms with E-state index in [1.54, 1.807) is 12.1 Å². The summed E-state index contributed by atoms with van der Waals surface area (Å²) in [6.45, 7) is 4.20. The Kier molecular flexibility index (Phi) is 6.74. The molecule has 5 heteroatoms. The Morgan fingerprint density at radius 2 is 1.89 bits per heavy atom. The summed E-state index contributed by atoms with van der Waals surface area (Å²) < 4.78 is 13.3. The Labute approximate surface area is 159 Å². The standard InChI is InChI=1S/C22H25FN4/c1-2-24-22(26-14-11-17-6-3-10-20(23)16-17)27-15-12-19-8-4-7-18-9-5-13-25-21(18)19/h3-10,13,16H,2,11-12,14-15H2,1H3,(H2,24,26,27).